The van der Waals surface area contributed by atoms with E-state index in [2.05, 4.69) is 10.5 Å². The fraction of sp³-hybridized carbons (Fsp3) is 0.176. The van der Waals surface area contributed by atoms with E-state index < -0.39 is 5.91 Å². The Hall–Kier alpha value is -2.53. The molecule has 0 aromatic heterocycles. The Bertz CT molecular complexity index is 727. The number of ether oxygens (including phenoxy) is 1. The molecule has 2 aromatic rings. The molecule has 0 unspecified atom stereocenters. The van der Waals surface area contributed by atoms with Crippen LogP contribution in [-0.2, 0) is 6.42 Å². The lowest BCUT2D eigenvalue weighted by atomic mass is 10.1. The average molecular weight is 333 g/mol. The summed E-state index contributed by atoms with van der Waals surface area (Å²) in [4.78, 5) is 12.0. The molecular formula is C17H17ClN2O3. The zero-order valence-corrected chi connectivity index (χ0v) is 13.6. The molecule has 120 valence electrons. The molecule has 0 fully saturated rings. The van der Waals surface area contributed by atoms with E-state index in [1.54, 1.807) is 7.11 Å². The fourth-order valence-electron chi connectivity index (χ4n) is 1.97. The van der Waals surface area contributed by atoms with Crippen LogP contribution in [0.2, 0.25) is 5.02 Å². The van der Waals surface area contributed by atoms with E-state index in [9.17, 15) is 9.90 Å². The van der Waals surface area contributed by atoms with Crippen molar-refractivity contribution in [3.63, 3.8) is 0 Å². The van der Waals surface area contributed by atoms with E-state index in [1.165, 1.54) is 18.2 Å². The lowest BCUT2D eigenvalue weighted by Crippen LogP contribution is -2.19. The Balaban J connectivity index is 2.00. The first kappa shape index (κ1) is 16.8. The summed E-state index contributed by atoms with van der Waals surface area (Å²) in [5.41, 5.74) is 4.27. The molecule has 0 spiro atoms. The number of carbonyl (C=O) groups excluding carboxylic acids is 1. The largest absolute Gasteiger partial charge is 0.507 e. The smallest absolute Gasteiger partial charge is 0.275 e. The summed E-state index contributed by atoms with van der Waals surface area (Å²) in [6, 6.07) is 11.9. The van der Waals surface area contributed by atoms with Gasteiger partial charge in [-0.25, -0.2) is 5.43 Å². The molecule has 6 heteroatoms. The molecule has 0 heterocycles. The standard InChI is InChI=1S/C17H17ClN2O3/c1-11(9-12-3-6-14(23-2)7-4-12)19-20-17(22)15-10-13(18)5-8-16(15)21/h3-8,10,21H,9H2,1-2H3,(H,20,22)/b19-11-. The van der Waals surface area contributed by atoms with Crippen LogP contribution in [0.1, 0.15) is 22.8 Å². The fourth-order valence-corrected chi connectivity index (χ4v) is 2.15. The molecule has 2 N–H and O–H groups in total. The van der Waals surface area contributed by atoms with Crippen LogP contribution in [0.5, 0.6) is 11.5 Å². The minimum absolute atomic E-state index is 0.0819. The number of phenolic OH excluding ortho intramolecular Hbond substituents is 1. The highest BCUT2D eigenvalue weighted by molar-refractivity contribution is 6.31. The van der Waals surface area contributed by atoms with Crippen molar-refractivity contribution in [1.82, 2.24) is 5.43 Å². The molecule has 2 aromatic carbocycles. The molecule has 0 aliphatic heterocycles. The number of hydrogen-bond donors (Lipinski definition) is 2. The maximum absolute atomic E-state index is 12.0. The van der Waals surface area contributed by atoms with E-state index in [4.69, 9.17) is 16.3 Å². The summed E-state index contributed by atoms with van der Waals surface area (Å²) < 4.78 is 5.10. The quantitative estimate of drug-likeness (QED) is 0.651. The number of hydrogen-bond acceptors (Lipinski definition) is 4. The van der Waals surface area contributed by atoms with Gasteiger partial charge >= 0.3 is 0 Å². The third-order valence-corrected chi connectivity index (χ3v) is 3.41. The summed E-state index contributed by atoms with van der Waals surface area (Å²) >= 11 is 5.82. The number of rotatable bonds is 5. The zero-order valence-electron chi connectivity index (χ0n) is 12.8. The number of nitrogens with one attached hydrogen (secondary N) is 1. The van der Waals surface area contributed by atoms with Gasteiger partial charge in [0.1, 0.15) is 11.5 Å². The second-order valence-corrected chi connectivity index (χ2v) is 5.41. The van der Waals surface area contributed by atoms with Crippen LogP contribution in [0.25, 0.3) is 0 Å². The predicted octanol–water partition coefficient (Wildman–Crippen LogP) is 3.40. The Kier molecular flexibility index (Phi) is 5.60. The van der Waals surface area contributed by atoms with Gasteiger partial charge in [-0.1, -0.05) is 23.7 Å². The highest BCUT2D eigenvalue weighted by Gasteiger charge is 2.11. The molecule has 0 saturated heterocycles. The van der Waals surface area contributed by atoms with Crippen molar-refractivity contribution < 1.29 is 14.6 Å². The van der Waals surface area contributed by atoms with Gasteiger partial charge in [0.25, 0.3) is 5.91 Å². The minimum Gasteiger partial charge on any atom is -0.507 e. The van der Waals surface area contributed by atoms with Crippen molar-refractivity contribution in [3.8, 4) is 11.5 Å². The van der Waals surface area contributed by atoms with Gasteiger partial charge in [-0.15, -0.1) is 0 Å². The number of aromatic hydroxyl groups is 1. The molecule has 1 amide bonds. The molecule has 0 saturated carbocycles. The van der Waals surface area contributed by atoms with E-state index in [1.807, 2.05) is 31.2 Å². The third-order valence-electron chi connectivity index (χ3n) is 3.17. The van der Waals surface area contributed by atoms with Crippen LogP contribution in [-0.4, -0.2) is 23.8 Å². The summed E-state index contributed by atoms with van der Waals surface area (Å²) in [6.45, 7) is 1.81. The molecule has 23 heavy (non-hydrogen) atoms. The van der Waals surface area contributed by atoms with Crippen molar-refractivity contribution in [1.29, 1.82) is 0 Å². The van der Waals surface area contributed by atoms with Gasteiger partial charge in [0.05, 0.1) is 12.7 Å². The molecule has 2 rings (SSSR count). The van der Waals surface area contributed by atoms with Crippen LogP contribution >= 0.6 is 11.6 Å². The molecule has 5 nitrogen and oxygen atoms in total. The molecule has 0 bridgehead atoms. The molecule has 0 aliphatic carbocycles. The number of nitrogens with zero attached hydrogens (tertiary/aromatic N) is 1. The van der Waals surface area contributed by atoms with E-state index in [0.717, 1.165) is 17.0 Å². The highest BCUT2D eigenvalue weighted by atomic mass is 35.5. The second kappa shape index (κ2) is 7.65. The summed E-state index contributed by atoms with van der Waals surface area (Å²) in [5.74, 6) is 0.127. The van der Waals surface area contributed by atoms with Gasteiger partial charge in [-0.05, 0) is 42.8 Å². The van der Waals surface area contributed by atoms with Crippen LogP contribution in [0.15, 0.2) is 47.6 Å². The maximum Gasteiger partial charge on any atom is 0.275 e. The first-order valence-electron chi connectivity index (χ1n) is 6.94. The normalized spacial score (nSPS) is 11.2. The van der Waals surface area contributed by atoms with Crippen molar-refractivity contribution in [2.24, 2.45) is 5.10 Å². The molecule has 0 aliphatic rings. The van der Waals surface area contributed by atoms with Gasteiger partial charge in [0.2, 0.25) is 0 Å². The number of hydrazone groups is 1. The lowest BCUT2D eigenvalue weighted by Gasteiger charge is -2.06. The van der Waals surface area contributed by atoms with Gasteiger partial charge < -0.3 is 9.84 Å². The number of halogens is 1. The van der Waals surface area contributed by atoms with Crippen molar-refractivity contribution in [2.45, 2.75) is 13.3 Å². The van der Waals surface area contributed by atoms with Crippen molar-refractivity contribution in [2.75, 3.05) is 7.11 Å². The number of amides is 1. The van der Waals surface area contributed by atoms with Gasteiger partial charge in [0, 0.05) is 17.2 Å². The van der Waals surface area contributed by atoms with Crippen molar-refractivity contribution >= 4 is 23.2 Å². The third kappa shape index (κ3) is 4.72. The van der Waals surface area contributed by atoms with Crippen LogP contribution in [0, 0.1) is 0 Å². The SMILES string of the molecule is COc1ccc(C/C(C)=N\NC(=O)c2cc(Cl)ccc2O)cc1. The second-order valence-electron chi connectivity index (χ2n) is 4.97. The van der Waals surface area contributed by atoms with Crippen LogP contribution in [0.4, 0.5) is 0 Å². The highest BCUT2D eigenvalue weighted by Crippen LogP contribution is 2.21. The van der Waals surface area contributed by atoms with Gasteiger partial charge in [-0.3, -0.25) is 4.79 Å². The Morgan fingerprint density at radius 1 is 1.26 bits per heavy atom. The molecule has 0 atom stereocenters. The summed E-state index contributed by atoms with van der Waals surface area (Å²) in [7, 11) is 1.61. The molecule has 0 radical (unpaired) electrons. The van der Waals surface area contributed by atoms with Crippen molar-refractivity contribution in [3.05, 3.63) is 58.6 Å². The number of phenols is 1. The van der Waals surface area contributed by atoms with Gasteiger partial charge in [0.15, 0.2) is 0 Å². The zero-order chi connectivity index (χ0) is 16.8. The lowest BCUT2D eigenvalue weighted by molar-refractivity contribution is 0.0952. The van der Waals surface area contributed by atoms with E-state index in [0.29, 0.717) is 11.4 Å². The van der Waals surface area contributed by atoms with Gasteiger partial charge in [-0.2, -0.15) is 5.10 Å². The average Bonchev–Trinajstić information content (AvgIpc) is 2.55. The Morgan fingerprint density at radius 3 is 2.61 bits per heavy atom. The monoisotopic (exact) mass is 332 g/mol. The topological polar surface area (TPSA) is 70.9 Å². The maximum atomic E-state index is 12.0. The van der Waals surface area contributed by atoms with E-state index in [-0.39, 0.29) is 11.3 Å². The predicted molar refractivity (Wildman–Crippen MR) is 90.4 cm³/mol. The first-order chi connectivity index (χ1) is 11.0. The Morgan fingerprint density at radius 2 is 1.96 bits per heavy atom. The first-order valence-corrected chi connectivity index (χ1v) is 7.32. The molecular weight excluding hydrogens is 316 g/mol. The minimum atomic E-state index is -0.515. The summed E-state index contributed by atoms with van der Waals surface area (Å²) in [5, 5.41) is 14.1. The van der Waals surface area contributed by atoms with E-state index >= 15 is 0 Å². The number of methoxy groups -OCH3 is 1. The van der Waals surface area contributed by atoms with Crippen LogP contribution in [0.3, 0.4) is 0 Å². The number of carbonyl (C=O) groups is 1. The number of benzene rings is 2. The van der Waals surface area contributed by atoms with Crippen LogP contribution < -0.4 is 10.2 Å². The summed E-state index contributed by atoms with van der Waals surface area (Å²) in [6.07, 6.45) is 0.589. The Labute approximate surface area is 139 Å².